The average molecular weight is 237 g/mol. The van der Waals surface area contributed by atoms with Crippen molar-refractivity contribution in [2.45, 2.75) is 32.7 Å². The van der Waals surface area contributed by atoms with Crippen LogP contribution in [0.3, 0.4) is 0 Å². The van der Waals surface area contributed by atoms with Crippen molar-refractivity contribution in [3.63, 3.8) is 0 Å². The van der Waals surface area contributed by atoms with Crippen LogP contribution in [-0.4, -0.2) is 33.2 Å². The molecule has 0 spiro atoms. The molecule has 0 aromatic heterocycles. The molecule has 0 aliphatic rings. The van der Waals surface area contributed by atoms with Crippen LogP contribution in [0.2, 0.25) is 0 Å². The molecule has 0 aliphatic heterocycles. The van der Waals surface area contributed by atoms with E-state index in [1.54, 1.807) is 11.9 Å². The average Bonchev–Trinajstić information content (AvgIpc) is 2.14. The lowest BCUT2D eigenvalue weighted by Crippen LogP contribution is -2.43. The standard InChI is InChI=1S/C9H17NO.H3O3P/c1-6-8(11)10(5)9(3,4)7-2;1-4(2)3/h6H,1,7H2,2-5H3;4H,(H2,1,2,3). The Kier molecular flexibility index (Phi) is 8.53. The highest BCUT2D eigenvalue weighted by atomic mass is 31.1. The molecule has 0 saturated heterocycles. The molecule has 0 radical (unpaired) electrons. The van der Waals surface area contributed by atoms with E-state index < -0.39 is 8.25 Å². The molecular weight excluding hydrogens is 217 g/mol. The molecule has 6 heteroatoms. The van der Waals surface area contributed by atoms with Crippen LogP contribution in [-0.2, 0) is 9.36 Å². The van der Waals surface area contributed by atoms with Gasteiger partial charge in [-0.2, -0.15) is 0 Å². The smallest absolute Gasteiger partial charge is 0.314 e. The van der Waals surface area contributed by atoms with Crippen molar-refractivity contribution in [1.29, 1.82) is 0 Å². The molecule has 5 nitrogen and oxygen atoms in total. The molecule has 0 fully saturated rings. The molecule has 0 rings (SSSR count). The summed E-state index contributed by atoms with van der Waals surface area (Å²) in [6, 6.07) is 0. The molecule has 0 bridgehead atoms. The van der Waals surface area contributed by atoms with Gasteiger partial charge in [-0.3, -0.25) is 9.36 Å². The van der Waals surface area contributed by atoms with E-state index >= 15 is 0 Å². The van der Waals surface area contributed by atoms with E-state index in [9.17, 15) is 4.79 Å². The van der Waals surface area contributed by atoms with E-state index in [4.69, 9.17) is 14.4 Å². The molecule has 0 unspecified atom stereocenters. The highest BCUT2D eigenvalue weighted by molar-refractivity contribution is 7.30. The Hall–Kier alpha value is -0.640. The van der Waals surface area contributed by atoms with Gasteiger partial charge in [-0.1, -0.05) is 13.5 Å². The molecule has 0 aromatic carbocycles. The molecule has 1 amide bonds. The second-order valence-electron chi connectivity index (χ2n) is 3.55. The summed E-state index contributed by atoms with van der Waals surface area (Å²) in [4.78, 5) is 27.1. The van der Waals surface area contributed by atoms with E-state index in [1.165, 1.54) is 6.08 Å². The number of likely N-dealkylation sites (N-methyl/N-ethyl adjacent to an activating group) is 1. The van der Waals surface area contributed by atoms with Crippen molar-refractivity contribution in [3.05, 3.63) is 12.7 Å². The summed E-state index contributed by atoms with van der Waals surface area (Å²) >= 11 is 0. The third-order valence-corrected chi connectivity index (χ3v) is 2.28. The fourth-order valence-corrected chi connectivity index (χ4v) is 0.672. The van der Waals surface area contributed by atoms with Crippen LogP contribution >= 0.6 is 8.25 Å². The van der Waals surface area contributed by atoms with Crippen molar-refractivity contribution >= 4 is 14.2 Å². The fraction of sp³-hybridized carbons (Fsp3) is 0.667. The first-order valence-corrected chi connectivity index (χ1v) is 5.81. The SMILES string of the molecule is C=CC(=O)N(C)C(C)(C)CC.O=[PH](O)O. The van der Waals surface area contributed by atoms with Crippen LogP contribution in [0.15, 0.2) is 12.7 Å². The highest BCUT2D eigenvalue weighted by Gasteiger charge is 2.23. The zero-order chi connectivity index (χ0) is 12.6. The summed E-state index contributed by atoms with van der Waals surface area (Å²) in [7, 11) is -1.33. The maximum atomic E-state index is 11.1. The maximum Gasteiger partial charge on any atom is 0.314 e. The van der Waals surface area contributed by atoms with Gasteiger partial charge in [-0.05, 0) is 26.3 Å². The zero-order valence-corrected chi connectivity index (χ0v) is 10.6. The second kappa shape index (κ2) is 7.63. The summed E-state index contributed by atoms with van der Waals surface area (Å²) in [5.41, 5.74) is -0.0642. The number of rotatable bonds is 3. The van der Waals surface area contributed by atoms with Crippen LogP contribution in [0, 0.1) is 0 Å². The van der Waals surface area contributed by atoms with Gasteiger partial charge in [0, 0.05) is 12.6 Å². The van der Waals surface area contributed by atoms with Crippen molar-refractivity contribution in [2.75, 3.05) is 7.05 Å². The van der Waals surface area contributed by atoms with Crippen molar-refractivity contribution in [1.82, 2.24) is 4.90 Å². The minimum Gasteiger partial charge on any atom is -0.337 e. The van der Waals surface area contributed by atoms with Gasteiger partial charge in [-0.25, -0.2) is 0 Å². The predicted molar refractivity (Wildman–Crippen MR) is 60.8 cm³/mol. The van der Waals surface area contributed by atoms with Crippen LogP contribution in [0.4, 0.5) is 0 Å². The Morgan fingerprint density at radius 3 is 2.07 bits per heavy atom. The maximum absolute atomic E-state index is 11.1. The summed E-state index contributed by atoms with van der Waals surface area (Å²) in [5.74, 6) is -0.0168. The molecule has 0 aliphatic carbocycles. The Morgan fingerprint density at radius 1 is 1.53 bits per heavy atom. The highest BCUT2D eigenvalue weighted by Crippen LogP contribution is 2.16. The lowest BCUT2D eigenvalue weighted by atomic mass is 10.00. The Morgan fingerprint density at radius 2 is 1.87 bits per heavy atom. The van der Waals surface area contributed by atoms with E-state index in [0.29, 0.717) is 0 Å². The number of hydrogen-bond acceptors (Lipinski definition) is 2. The van der Waals surface area contributed by atoms with E-state index in [-0.39, 0.29) is 11.4 Å². The van der Waals surface area contributed by atoms with Crippen molar-refractivity contribution in [2.24, 2.45) is 0 Å². The van der Waals surface area contributed by atoms with Crippen LogP contribution in [0.5, 0.6) is 0 Å². The van der Waals surface area contributed by atoms with Gasteiger partial charge in [0.2, 0.25) is 5.91 Å². The third-order valence-electron chi connectivity index (χ3n) is 2.28. The summed E-state index contributed by atoms with van der Waals surface area (Å²) in [6.45, 7) is 9.57. The minimum absolute atomic E-state index is 0.0168. The Bertz CT molecular complexity index is 236. The van der Waals surface area contributed by atoms with E-state index in [2.05, 4.69) is 13.5 Å². The number of carbonyl (C=O) groups is 1. The van der Waals surface area contributed by atoms with Gasteiger partial charge >= 0.3 is 8.25 Å². The lowest BCUT2D eigenvalue weighted by Gasteiger charge is -2.33. The lowest BCUT2D eigenvalue weighted by molar-refractivity contribution is -0.129. The molecule has 0 saturated carbocycles. The van der Waals surface area contributed by atoms with E-state index in [1.807, 2.05) is 13.8 Å². The van der Waals surface area contributed by atoms with Crippen molar-refractivity contribution < 1.29 is 19.1 Å². The molecule has 0 atom stereocenters. The number of nitrogens with zero attached hydrogens (tertiary/aromatic N) is 1. The van der Waals surface area contributed by atoms with Crippen LogP contribution in [0.1, 0.15) is 27.2 Å². The molecule has 0 heterocycles. The number of carbonyl (C=O) groups excluding carboxylic acids is 1. The number of hydrogen-bond donors (Lipinski definition) is 2. The summed E-state index contributed by atoms with van der Waals surface area (Å²) < 4.78 is 8.74. The molecule has 15 heavy (non-hydrogen) atoms. The van der Waals surface area contributed by atoms with Crippen LogP contribution in [0.25, 0.3) is 0 Å². The molecular formula is C9H20NO4P. The third kappa shape index (κ3) is 8.36. The quantitative estimate of drug-likeness (QED) is 0.570. The zero-order valence-electron chi connectivity index (χ0n) is 9.65. The van der Waals surface area contributed by atoms with Gasteiger partial charge in [0.1, 0.15) is 0 Å². The molecule has 0 aromatic rings. The largest absolute Gasteiger partial charge is 0.337 e. The predicted octanol–water partition coefficient (Wildman–Crippen LogP) is 1.18. The number of amides is 1. The minimum atomic E-state index is -3.13. The second-order valence-corrected chi connectivity index (χ2v) is 4.12. The fourth-order valence-electron chi connectivity index (χ4n) is 0.672. The van der Waals surface area contributed by atoms with Gasteiger partial charge in [-0.15, -0.1) is 0 Å². The monoisotopic (exact) mass is 237 g/mol. The Balaban J connectivity index is 0. The van der Waals surface area contributed by atoms with Crippen molar-refractivity contribution in [3.8, 4) is 0 Å². The summed E-state index contributed by atoms with van der Waals surface area (Å²) in [6.07, 6.45) is 2.29. The first-order chi connectivity index (χ1) is 6.68. The van der Waals surface area contributed by atoms with Gasteiger partial charge < -0.3 is 14.7 Å². The normalized spacial score (nSPS) is 10.3. The van der Waals surface area contributed by atoms with Crippen LogP contribution < -0.4 is 0 Å². The van der Waals surface area contributed by atoms with Gasteiger partial charge in [0.05, 0.1) is 0 Å². The Labute approximate surface area is 91.4 Å². The van der Waals surface area contributed by atoms with E-state index in [0.717, 1.165) is 6.42 Å². The first-order valence-electron chi connectivity index (χ1n) is 4.51. The van der Waals surface area contributed by atoms with Gasteiger partial charge in [0.15, 0.2) is 0 Å². The summed E-state index contributed by atoms with van der Waals surface area (Å²) in [5, 5.41) is 0. The molecule has 90 valence electrons. The topological polar surface area (TPSA) is 77.8 Å². The first kappa shape index (κ1) is 16.8. The van der Waals surface area contributed by atoms with Gasteiger partial charge in [0.25, 0.3) is 0 Å². The molecule has 2 N–H and O–H groups in total.